The van der Waals surface area contributed by atoms with Crippen LogP contribution in [0, 0.1) is 0 Å². The van der Waals surface area contributed by atoms with E-state index in [2.05, 4.69) is 31.1 Å². The molecule has 0 aliphatic rings. The molecule has 0 atom stereocenters. The Labute approximate surface area is 101 Å². The van der Waals surface area contributed by atoms with Crippen LogP contribution in [0.25, 0.3) is 10.9 Å². The zero-order valence-corrected chi connectivity index (χ0v) is 9.98. The van der Waals surface area contributed by atoms with Gasteiger partial charge in [-0.1, -0.05) is 0 Å². The van der Waals surface area contributed by atoms with Crippen molar-refractivity contribution in [3.63, 3.8) is 0 Å². The third-order valence-corrected chi connectivity index (χ3v) is 2.74. The van der Waals surface area contributed by atoms with Crippen molar-refractivity contribution in [1.29, 1.82) is 0 Å². The molecular formula is C9H5BrF3N3O. The molecule has 17 heavy (non-hydrogen) atoms. The van der Waals surface area contributed by atoms with Gasteiger partial charge in [0.15, 0.2) is 5.78 Å². The number of halogens is 4. The second kappa shape index (κ2) is 3.80. The minimum atomic E-state index is -4.60. The van der Waals surface area contributed by atoms with Crippen LogP contribution in [0.5, 0.6) is 0 Å². The number of carbonyl (C=O) groups excluding carboxylic acids is 1. The molecule has 2 aromatic rings. The number of aromatic nitrogens is 3. The molecule has 2 heterocycles. The van der Waals surface area contributed by atoms with Gasteiger partial charge in [0.1, 0.15) is 16.0 Å². The molecule has 4 nitrogen and oxygen atoms in total. The van der Waals surface area contributed by atoms with Crippen molar-refractivity contribution >= 4 is 32.6 Å². The summed E-state index contributed by atoms with van der Waals surface area (Å²) in [5.41, 5.74) is -1.19. The first kappa shape index (κ1) is 12.0. The first-order chi connectivity index (χ1) is 7.80. The second-order valence-corrected chi connectivity index (χ2v) is 4.10. The van der Waals surface area contributed by atoms with Gasteiger partial charge in [-0.3, -0.25) is 9.89 Å². The smallest absolute Gasteiger partial charge is 0.293 e. The van der Waals surface area contributed by atoms with E-state index in [9.17, 15) is 18.0 Å². The van der Waals surface area contributed by atoms with Gasteiger partial charge in [0.25, 0.3) is 0 Å². The van der Waals surface area contributed by atoms with Crippen molar-refractivity contribution in [1.82, 2.24) is 15.2 Å². The summed E-state index contributed by atoms with van der Waals surface area (Å²) in [4.78, 5) is 14.6. The van der Waals surface area contributed by atoms with Gasteiger partial charge < -0.3 is 0 Å². The lowest BCUT2D eigenvalue weighted by atomic mass is 10.2. The standard InChI is InChI=1S/C9H5BrF3N3O/c1-3(17)6-7-4(8(10)16-15-7)2-5(14-6)9(11,12)13/h2H,1H3,(H,15,16). The Morgan fingerprint density at radius 1 is 1.47 bits per heavy atom. The van der Waals surface area contributed by atoms with Gasteiger partial charge in [0, 0.05) is 12.3 Å². The summed E-state index contributed by atoms with van der Waals surface area (Å²) in [7, 11) is 0. The molecule has 90 valence electrons. The monoisotopic (exact) mass is 307 g/mol. The Kier molecular flexibility index (Phi) is 2.69. The van der Waals surface area contributed by atoms with Crippen LogP contribution in [0.3, 0.4) is 0 Å². The second-order valence-electron chi connectivity index (χ2n) is 3.35. The van der Waals surface area contributed by atoms with E-state index in [1.807, 2.05) is 0 Å². The largest absolute Gasteiger partial charge is 0.433 e. The lowest BCUT2D eigenvalue weighted by Gasteiger charge is -2.07. The zero-order chi connectivity index (χ0) is 12.8. The number of Topliss-reactive ketones (excluding diaryl/α,β-unsaturated/α-hetero) is 1. The number of carbonyl (C=O) groups is 1. The zero-order valence-electron chi connectivity index (χ0n) is 8.39. The van der Waals surface area contributed by atoms with E-state index in [0.29, 0.717) is 0 Å². The predicted octanol–water partition coefficient (Wildman–Crippen LogP) is 2.94. The average Bonchev–Trinajstić information content (AvgIpc) is 2.58. The number of fused-ring (bicyclic) bond motifs is 1. The van der Waals surface area contributed by atoms with E-state index in [1.165, 1.54) is 0 Å². The van der Waals surface area contributed by atoms with Gasteiger partial charge in [-0.25, -0.2) is 4.98 Å². The molecule has 0 aromatic carbocycles. The molecule has 1 N–H and O–H groups in total. The summed E-state index contributed by atoms with van der Waals surface area (Å²) in [5.74, 6) is -0.558. The maximum Gasteiger partial charge on any atom is 0.433 e. The Morgan fingerprint density at radius 3 is 2.65 bits per heavy atom. The quantitative estimate of drug-likeness (QED) is 0.824. The third-order valence-electron chi connectivity index (χ3n) is 2.13. The highest BCUT2D eigenvalue weighted by atomic mass is 79.9. The highest BCUT2D eigenvalue weighted by Gasteiger charge is 2.34. The normalized spacial score (nSPS) is 12.1. The van der Waals surface area contributed by atoms with E-state index in [4.69, 9.17) is 0 Å². The maximum atomic E-state index is 12.6. The summed E-state index contributed by atoms with van der Waals surface area (Å²) in [5, 5.41) is 6.34. The summed E-state index contributed by atoms with van der Waals surface area (Å²) in [6.45, 7) is 1.15. The first-order valence-electron chi connectivity index (χ1n) is 4.43. The Balaban J connectivity index is 2.83. The van der Waals surface area contributed by atoms with Crippen LogP contribution < -0.4 is 0 Å². The van der Waals surface area contributed by atoms with Gasteiger partial charge >= 0.3 is 6.18 Å². The lowest BCUT2D eigenvalue weighted by Crippen LogP contribution is -2.11. The van der Waals surface area contributed by atoms with Gasteiger partial charge in [0.05, 0.1) is 5.52 Å². The summed E-state index contributed by atoms with van der Waals surface area (Å²) >= 11 is 3.00. The molecule has 0 fully saturated rings. The van der Waals surface area contributed by atoms with E-state index in [-0.39, 0.29) is 21.2 Å². The molecule has 2 aromatic heterocycles. The number of rotatable bonds is 1. The van der Waals surface area contributed by atoms with Crippen molar-refractivity contribution in [2.45, 2.75) is 13.1 Å². The number of alkyl halides is 3. The van der Waals surface area contributed by atoms with Crippen LogP contribution in [-0.2, 0) is 6.18 Å². The first-order valence-corrected chi connectivity index (χ1v) is 5.22. The number of nitrogens with zero attached hydrogens (tertiary/aromatic N) is 2. The van der Waals surface area contributed by atoms with Crippen molar-refractivity contribution in [3.8, 4) is 0 Å². The number of hydrogen-bond acceptors (Lipinski definition) is 3. The molecule has 0 amide bonds. The van der Waals surface area contributed by atoms with Crippen molar-refractivity contribution in [3.05, 3.63) is 22.1 Å². The van der Waals surface area contributed by atoms with Crippen LogP contribution in [0.15, 0.2) is 10.7 Å². The lowest BCUT2D eigenvalue weighted by molar-refractivity contribution is -0.141. The van der Waals surface area contributed by atoms with Gasteiger partial charge in [-0.15, -0.1) is 0 Å². The molecule has 0 spiro atoms. The topological polar surface area (TPSA) is 58.6 Å². The number of H-pyrrole nitrogens is 1. The molecule has 0 aliphatic carbocycles. The minimum absolute atomic E-state index is 0.178. The van der Waals surface area contributed by atoms with Gasteiger partial charge in [-0.05, 0) is 22.0 Å². The Bertz CT molecular complexity index is 605. The predicted molar refractivity (Wildman–Crippen MR) is 56.6 cm³/mol. The van der Waals surface area contributed by atoms with Crippen molar-refractivity contribution in [2.75, 3.05) is 0 Å². The fraction of sp³-hybridized carbons (Fsp3) is 0.222. The fourth-order valence-corrected chi connectivity index (χ4v) is 1.79. The van der Waals surface area contributed by atoms with Crippen molar-refractivity contribution in [2.24, 2.45) is 0 Å². The van der Waals surface area contributed by atoms with Crippen LogP contribution in [0.2, 0.25) is 0 Å². The number of ketones is 1. The maximum absolute atomic E-state index is 12.6. The average molecular weight is 308 g/mol. The molecule has 8 heteroatoms. The number of pyridine rings is 1. The molecule has 0 unspecified atom stereocenters. The summed E-state index contributed by atoms with van der Waals surface area (Å²) < 4.78 is 37.9. The van der Waals surface area contributed by atoms with Crippen LogP contribution in [-0.4, -0.2) is 21.0 Å². The van der Waals surface area contributed by atoms with Gasteiger partial charge in [-0.2, -0.15) is 18.3 Å². The van der Waals surface area contributed by atoms with E-state index >= 15 is 0 Å². The third kappa shape index (κ3) is 2.04. The summed E-state index contributed by atoms with van der Waals surface area (Å²) in [6.07, 6.45) is -4.60. The molecule has 0 bridgehead atoms. The van der Waals surface area contributed by atoms with Crippen LogP contribution in [0.1, 0.15) is 23.1 Å². The number of aromatic amines is 1. The molecule has 0 saturated heterocycles. The van der Waals surface area contributed by atoms with Crippen LogP contribution in [0.4, 0.5) is 13.2 Å². The number of nitrogens with one attached hydrogen (secondary N) is 1. The molecule has 0 radical (unpaired) electrons. The highest BCUT2D eigenvalue weighted by Crippen LogP contribution is 2.32. The van der Waals surface area contributed by atoms with E-state index in [0.717, 1.165) is 13.0 Å². The SMILES string of the molecule is CC(=O)c1nc(C(F)(F)F)cc2c(Br)n[nH]c12. The Hall–Kier alpha value is -1.44. The van der Waals surface area contributed by atoms with Crippen molar-refractivity contribution < 1.29 is 18.0 Å². The summed E-state index contributed by atoms with van der Waals surface area (Å²) in [6, 6.07) is 0.843. The highest BCUT2D eigenvalue weighted by molar-refractivity contribution is 9.10. The molecule has 0 saturated carbocycles. The Morgan fingerprint density at radius 2 is 2.12 bits per heavy atom. The van der Waals surface area contributed by atoms with E-state index in [1.54, 1.807) is 0 Å². The van der Waals surface area contributed by atoms with E-state index < -0.39 is 17.7 Å². The van der Waals surface area contributed by atoms with Gasteiger partial charge in [0.2, 0.25) is 0 Å². The minimum Gasteiger partial charge on any atom is -0.293 e. The van der Waals surface area contributed by atoms with Crippen LogP contribution >= 0.6 is 15.9 Å². The molecule has 0 aliphatic heterocycles. The fourth-order valence-electron chi connectivity index (χ4n) is 1.39. The molecular weight excluding hydrogens is 303 g/mol. The molecule has 2 rings (SSSR count). The number of hydrogen-bond donors (Lipinski definition) is 1.